The molecular weight excluding hydrogens is 283 g/mol. The molecule has 17 heavy (non-hydrogen) atoms. The zero-order chi connectivity index (χ0) is 12.3. The Morgan fingerprint density at radius 2 is 1.82 bits per heavy atom. The highest BCUT2D eigenvalue weighted by atomic mass is 79.9. The van der Waals surface area contributed by atoms with E-state index in [1.165, 1.54) is 6.07 Å². The minimum absolute atomic E-state index is 0.114. The fourth-order valence-electron chi connectivity index (χ4n) is 2.15. The number of hydrogen-bond acceptors (Lipinski definition) is 2. The highest BCUT2D eigenvalue weighted by Gasteiger charge is 2.16. The number of rotatable bonds is 3. The third-order valence-corrected chi connectivity index (χ3v) is 3.81. The Morgan fingerprint density at radius 1 is 1.18 bits per heavy atom. The van der Waals surface area contributed by atoms with Crippen LogP contribution in [0.1, 0.15) is 12.5 Å². The lowest BCUT2D eigenvalue weighted by Crippen LogP contribution is -2.45. The van der Waals surface area contributed by atoms with Crippen molar-refractivity contribution in [2.24, 2.45) is 0 Å². The molecule has 0 aromatic heterocycles. The van der Waals surface area contributed by atoms with Gasteiger partial charge in [0.05, 0.1) is 0 Å². The van der Waals surface area contributed by atoms with Gasteiger partial charge in [-0.05, 0) is 18.7 Å². The largest absolute Gasteiger partial charge is 0.301 e. The predicted octanol–water partition coefficient (Wildman–Crippen LogP) is 2.73. The molecule has 0 N–H and O–H groups in total. The molecule has 0 atom stereocenters. The van der Waals surface area contributed by atoms with E-state index in [0.29, 0.717) is 0 Å². The second-order valence-corrected chi connectivity index (χ2v) is 5.36. The molecule has 1 aromatic carbocycles. The van der Waals surface area contributed by atoms with E-state index in [1.54, 1.807) is 0 Å². The average Bonchev–Trinajstić information content (AvgIpc) is 2.34. The monoisotopic (exact) mass is 300 g/mol. The van der Waals surface area contributed by atoms with Crippen LogP contribution in [0.2, 0.25) is 0 Å². The lowest BCUT2D eigenvalue weighted by molar-refractivity contribution is 0.131. The van der Waals surface area contributed by atoms with Gasteiger partial charge in [-0.1, -0.05) is 28.9 Å². The Balaban J connectivity index is 1.93. The first kappa shape index (κ1) is 13.0. The summed E-state index contributed by atoms with van der Waals surface area (Å²) >= 11 is 3.28. The number of halogens is 2. The molecule has 0 unspecified atom stereocenters. The predicted molar refractivity (Wildman–Crippen MR) is 71.5 cm³/mol. The molecule has 94 valence electrons. The number of benzene rings is 1. The molecule has 2 rings (SSSR count). The van der Waals surface area contributed by atoms with Crippen molar-refractivity contribution in [2.75, 3.05) is 32.7 Å². The molecule has 0 saturated carbocycles. The Morgan fingerprint density at radius 3 is 2.41 bits per heavy atom. The summed E-state index contributed by atoms with van der Waals surface area (Å²) in [5.74, 6) is -0.114. The van der Waals surface area contributed by atoms with Gasteiger partial charge in [0.2, 0.25) is 0 Å². The van der Waals surface area contributed by atoms with Gasteiger partial charge in [0, 0.05) is 42.8 Å². The lowest BCUT2D eigenvalue weighted by Gasteiger charge is -2.34. The number of piperazine rings is 1. The van der Waals surface area contributed by atoms with E-state index >= 15 is 0 Å². The first-order valence-corrected chi connectivity index (χ1v) is 6.87. The van der Waals surface area contributed by atoms with E-state index in [1.807, 2.05) is 12.1 Å². The van der Waals surface area contributed by atoms with Crippen LogP contribution in [0.4, 0.5) is 4.39 Å². The molecule has 1 aliphatic rings. The van der Waals surface area contributed by atoms with E-state index in [9.17, 15) is 4.39 Å². The van der Waals surface area contributed by atoms with Crippen molar-refractivity contribution in [2.45, 2.75) is 13.5 Å². The summed E-state index contributed by atoms with van der Waals surface area (Å²) in [5.41, 5.74) is 0.790. The summed E-state index contributed by atoms with van der Waals surface area (Å²) in [6.45, 7) is 8.26. The van der Waals surface area contributed by atoms with Crippen LogP contribution in [0.3, 0.4) is 0 Å². The van der Waals surface area contributed by atoms with Crippen LogP contribution in [-0.4, -0.2) is 42.5 Å². The molecule has 1 heterocycles. The highest BCUT2D eigenvalue weighted by Crippen LogP contribution is 2.17. The minimum Gasteiger partial charge on any atom is -0.301 e. The van der Waals surface area contributed by atoms with Gasteiger partial charge in [0.1, 0.15) is 5.82 Å². The van der Waals surface area contributed by atoms with Crippen molar-refractivity contribution in [3.63, 3.8) is 0 Å². The maximum absolute atomic E-state index is 13.7. The Kier molecular flexibility index (Phi) is 4.54. The van der Waals surface area contributed by atoms with E-state index < -0.39 is 0 Å². The third-order valence-electron chi connectivity index (χ3n) is 3.32. The number of nitrogens with zero attached hydrogens (tertiary/aromatic N) is 2. The molecule has 1 saturated heterocycles. The van der Waals surface area contributed by atoms with Crippen molar-refractivity contribution in [3.05, 3.63) is 34.1 Å². The molecule has 2 nitrogen and oxygen atoms in total. The second kappa shape index (κ2) is 5.94. The van der Waals surface area contributed by atoms with Crippen molar-refractivity contribution in [1.29, 1.82) is 0 Å². The zero-order valence-electron chi connectivity index (χ0n) is 10.1. The fourth-order valence-corrected chi connectivity index (χ4v) is 2.49. The SMILES string of the molecule is CCN1CCN(Cc2ccc(Br)cc2F)CC1. The molecule has 0 spiro atoms. The zero-order valence-corrected chi connectivity index (χ0v) is 11.7. The van der Waals surface area contributed by atoms with E-state index in [-0.39, 0.29) is 5.82 Å². The summed E-state index contributed by atoms with van der Waals surface area (Å²) in [6.07, 6.45) is 0. The summed E-state index contributed by atoms with van der Waals surface area (Å²) in [5, 5.41) is 0. The fraction of sp³-hybridized carbons (Fsp3) is 0.538. The Bertz CT molecular complexity index is 376. The van der Waals surface area contributed by atoms with Crippen molar-refractivity contribution in [3.8, 4) is 0 Å². The van der Waals surface area contributed by atoms with Crippen LogP contribution in [0, 0.1) is 5.82 Å². The molecule has 0 radical (unpaired) electrons. The summed E-state index contributed by atoms with van der Waals surface area (Å²) in [7, 11) is 0. The van der Waals surface area contributed by atoms with Gasteiger partial charge >= 0.3 is 0 Å². The topological polar surface area (TPSA) is 6.48 Å². The standard InChI is InChI=1S/C13H18BrFN2/c1-2-16-5-7-17(8-6-16)10-11-3-4-12(14)9-13(11)15/h3-4,9H,2,5-8,10H2,1H3. The van der Waals surface area contributed by atoms with Crippen LogP contribution in [0.5, 0.6) is 0 Å². The second-order valence-electron chi connectivity index (χ2n) is 4.45. The smallest absolute Gasteiger partial charge is 0.128 e. The van der Waals surface area contributed by atoms with Gasteiger partial charge in [-0.2, -0.15) is 0 Å². The normalized spacial score (nSPS) is 18.5. The average molecular weight is 301 g/mol. The van der Waals surface area contributed by atoms with E-state index in [4.69, 9.17) is 0 Å². The summed E-state index contributed by atoms with van der Waals surface area (Å²) in [6, 6.07) is 5.31. The maximum atomic E-state index is 13.7. The van der Waals surface area contributed by atoms with Crippen LogP contribution in [0.25, 0.3) is 0 Å². The Labute approximate surface area is 111 Å². The van der Waals surface area contributed by atoms with Crippen LogP contribution in [-0.2, 0) is 6.54 Å². The first-order valence-electron chi connectivity index (χ1n) is 6.07. The minimum atomic E-state index is -0.114. The maximum Gasteiger partial charge on any atom is 0.128 e. The molecule has 4 heteroatoms. The van der Waals surface area contributed by atoms with Gasteiger partial charge in [-0.15, -0.1) is 0 Å². The lowest BCUT2D eigenvalue weighted by atomic mass is 10.2. The quantitative estimate of drug-likeness (QED) is 0.847. The summed E-state index contributed by atoms with van der Waals surface area (Å²) in [4.78, 5) is 4.74. The van der Waals surface area contributed by atoms with Crippen molar-refractivity contribution in [1.82, 2.24) is 9.80 Å². The van der Waals surface area contributed by atoms with Crippen LogP contribution >= 0.6 is 15.9 Å². The molecule has 0 amide bonds. The van der Waals surface area contributed by atoms with Gasteiger partial charge < -0.3 is 4.90 Å². The van der Waals surface area contributed by atoms with E-state index in [0.717, 1.165) is 49.3 Å². The van der Waals surface area contributed by atoms with Crippen molar-refractivity contribution < 1.29 is 4.39 Å². The van der Waals surface area contributed by atoms with Crippen LogP contribution < -0.4 is 0 Å². The first-order chi connectivity index (χ1) is 8.19. The molecular formula is C13H18BrFN2. The van der Waals surface area contributed by atoms with Gasteiger partial charge in [0.15, 0.2) is 0 Å². The molecule has 0 bridgehead atoms. The third kappa shape index (κ3) is 3.50. The summed E-state index contributed by atoms with van der Waals surface area (Å²) < 4.78 is 14.5. The Hall–Kier alpha value is -0.450. The highest BCUT2D eigenvalue weighted by molar-refractivity contribution is 9.10. The van der Waals surface area contributed by atoms with Gasteiger partial charge in [0.25, 0.3) is 0 Å². The number of hydrogen-bond donors (Lipinski definition) is 0. The molecule has 1 aromatic rings. The van der Waals surface area contributed by atoms with Crippen molar-refractivity contribution >= 4 is 15.9 Å². The molecule has 1 fully saturated rings. The van der Waals surface area contributed by atoms with E-state index in [2.05, 4.69) is 32.7 Å². The molecule has 0 aliphatic carbocycles. The number of likely N-dealkylation sites (N-methyl/N-ethyl adjacent to an activating group) is 1. The van der Waals surface area contributed by atoms with Gasteiger partial charge in [-0.25, -0.2) is 4.39 Å². The van der Waals surface area contributed by atoms with Crippen LogP contribution in [0.15, 0.2) is 22.7 Å². The van der Waals surface area contributed by atoms with Gasteiger partial charge in [-0.3, -0.25) is 4.90 Å². The molecule has 1 aliphatic heterocycles.